The van der Waals surface area contributed by atoms with Gasteiger partial charge in [0.2, 0.25) is 0 Å². The quantitative estimate of drug-likeness (QED) is 0.221. The first kappa shape index (κ1) is 37.9. The molecule has 0 radical (unpaired) electrons. The number of nitrogens with zero attached hydrogens (tertiary/aromatic N) is 6. The maximum Gasteiger partial charge on any atom is 0.266 e. The number of fused-ring (bicyclic) bond motifs is 6. The highest BCUT2D eigenvalue weighted by atomic mass is 16.2. The fourth-order valence-corrected chi connectivity index (χ4v) is 9.03. The second-order valence-electron chi connectivity index (χ2n) is 15.4. The fraction of sp³-hybridized carbons (Fsp3) is 0.0870. The number of benzene rings is 5. The molecule has 0 aliphatic carbocycles. The molecule has 0 fully saturated rings. The summed E-state index contributed by atoms with van der Waals surface area (Å²) in [5.41, 5.74) is -8.26. The molecule has 0 saturated carbocycles. The Labute approximate surface area is 350 Å². The van der Waals surface area contributed by atoms with Gasteiger partial charge in [-0.2, -0.15) is 0 Å². The summed E-state index contributed by atoms with van der Waals surface area (Å²) in [5.74, 6) is 0. The average Bonchev–Trinajstić information content (AvgIpc) is 4.02. The van der Waals surface area contributed by atoms with Crippen molar-refractivity contribution in [2.24, 2.45) is 0 Å². The van der Waals surface area contributed by atoms with Gasteiger partial charge in [-0.3, -0.25) is 66.7 Å². The van der Waals surface area contributed by atoms with Gasteiger partial charge in [-0.25, -0.2) is 18.3 Å². The van der Waals surface area contributed by atoms with E-state index in [-0.39, 0.29) is 100 Å². The zero-order valence-electron chi connectivity index (χ0n) is 33.1. The number of rotatable bonds is 6. The van der Waals surface area contributed by atoms with Crippen LogP contribution in [-0.2, 0) is 13.1 Å². The molecule has 0 saturated heterocycles. The lowest BCUT2D eigenvalue weighted by Gasteiger charge is -2.04. The van der Waals surface area contributed by atoms with Gasteiger partial charge in [0.05, 0.1) is 87.4 Å². The predicted molar refractivity (Wildman–Crippen MR) is 238 cm³/mol. The zero-order chi connectivity index (χ0) is 44.9. The molecule has 0 unspecified atom stereocenters. The summed E-state index contributed by atoms with van der Waals surface area (Å²) in [5, 5.41) is -0.820. The molecule has 18 nitrogen and oxygen atoms in total. The minimum absolute atomic E-state index is 0.0160. The zero-order valence-corrected chi connectivity index (χ0v) is 33.1. The van der Waals surface area contributed by atoms with Crippen LogP contribution in [-0.4, -0.2) is 27.4 Å². The Hall–Kier alpha value is -9.06. The van der Waals surface area contributed by atoms with Crippen molar-refractivity contribution in [1.29, 1.82) is 0 Å². The molecule has 11 rings (SSSR count). The minimum atomic E-state index is -0.813. The third-order valence-electron chi connectivity index (χ3n) is 12.2. The Morgan fingerprint density at radius 2 is 0.391 bits per heavy atom. The lowest BCUT2D eigenvalue weighted by Crippen LogP contribution is -2.25. The molecule has 310 valence electrons. The van der Waals surface area contributed by atoms with Gasteiger partial charge >= 0.3 is 0 Å². The van der Waals surface area contributed by atoms with E-state index in [0.29, 0.717) is 0 Å². The van der Waals surface area contributed by atoms with E-state index < -0.39 is 66.7 Å². The minimum Gasteiger partial charge on any atom is -0.275 e. The lowest BCUT2D eigenvalue weighted by atomic mass is 10.1. The van der Waals surface area contributed by atoms with Crippen LogP contribution in [0.25, 0.3) is 87.4 Å². The molecule has 5 aromatic carbocycles. The first-order valence-electron chi connectivity index (χ1n) is 19.7. The van der Waals surface area contributed by atoms with E-state index in [1.54, 1.807) is 13.8 Å². The molecule has 0 spiro atoms. The van der Waals surface area contributed by atoms with Crippen molar-refractivity contribution >= 4 is 64.6 Å². The Bertz CT molecular complexity index is 4120. The van der Waals surface area contributed by atoms with Gasteiger partial charge < -0.3 is 0 Å². The number of hydrogen-bond acceptors (Lipinski definition) is 12. The molecule has 0 aliphatic rings. The summed E-state index contributed by atoms with van der Waals surface area (Å²) >= 11 is 0. The molecule has 0 bridgehead atoms. The second-order valence-corrected chi connectivity index (χ2v) is 15.4. The highest BCUT2D eigenvalue weighted by Gasteiger charge is 2.24. The van der Waals surface area contributed by atoms with Gasteiger partial charge in [0.1, 0.15) is 0 Å². The van der Waals surface area contributed by atoms with Crippen molar-refractivity contribution in [2.75, 3.05) is 0 Å². The van der Waals surface area contributed by atoms with Crippen LogP contribution in [0.5, 0.6) is 0 Å². The average molecular weight is 853 g/mol. The first-order valence-corrected chi connectivity index (χ1v) is 19.7. The van der Waals surface area contributed by atoms with E-state index in [1.807, 2.05) is 0 Å². The summed E-state index contributed by atoms with van der Waals surface area (Å²) in [6.45, 7) is 3.48. The van der Waals surface area contributed by atoms with Crippen LogP contribution in [0.15, 0.2) is 142 Å². The molecule has 64 heavy (non-hydrogen) atoms. The standard InChI is InChI=1S/C46H24N6O12/c1-3-47-35(53)23-13-27-28(14-24(23)36(47)54)40(58)49(39(27)57)19-5-9-21(10-6-19)51-43(61)31-17-33-34(18-32(31)44(51)62)46(64)52(45(33)63)22-11-7-20(8-12-22)50-41(59)29-15-25-26(16-30(29)42(50)60)38(56)48(4-2)37(25)55/h5-18H,3-4H2,1-2H3. The van der Waals surface area contributed by atoms with Crippen molar-refractivity contribution < 1.29 is 0 Å². The molecule has 6 heterocycles. The van der Waals surface area contributed by atoms with Crippen molar-refractivity contribution in [1.82, 2.24) is 27.4 Å². The highest BCUT2D eigenvalue weighted by Crippen LogP contribution is 2.21. The molecular formula is C46H24N6O12. The van der Waals surface area contributed by atoms with Crippen LogP contribution in [0.3, 0.4) is 0 Å². The van der Waals surface area contributed by atoms with Gasteiger partial charge in [-0.05, 0) is 98.8 Å². The lowest BCUT2D eigenvalue weighted by molar-refractivity contribution is 0.722. The van der Waals surface area contributed by atoms with E-state index in [0.717, 1.165) is 39.5 Å². The molecular weight excluding hydrogens is 829 g/mol. The van der Waals surface area contributed by atoms with Gasteiger partial charge in [0.25, 0.3) is 66.7 Å². The van der Waals surface area contributed by atoms with Gasteiger partial charge in [0, 0.05) is 13.1 Å². The summed E-state index contributed by atoms with van der Waals surface area (Å²) < 4.78 is 5.37. The third-order valence-corrected chi connectivity index (χ3v) is 12.2. The Kier molecular flexibility index (Phi) is 7.54. The van der Waals surface area contributed by atoms with Crippen LogP contribution in [0.4, 0.5) is 0 Å². The Balaban J connectivity index is 0.952. The van der Waals surface area contributed by atoms with Crippen molar-refractivity contribution in [2.45, 2.75) is 26.9 Å². The van der Waals surface area contributed by atoms with Crippen LogP contribution >= 0.6 is 0 Å². The fourth-order valence-electron chi connectivity index (χ4n) is 9.03. The number of aromatic nitrogens is 6. The second kappa shape index (κ2) is 12.7. The van der Waals surface area contributed by atoms with E-state index in [2.05, 4.69) is 0 Å². The molecule has 11 aromatic rings. The molecule has 0 atom stereocenters. The normalized spacial score (nSPS) is 12.2. The highest BCUT2D eigenvalue weighted by molar-refractivity contribution is 6.00. The smallest absolute Gasteiger partial charge is 0.266 e. The summed E-state index contributed by atoms with van der Waals surface area (Å²) in [7, 11) is 0. The first-order chi connectivity index (χ1) is 30.7. The monoisotopic (exact) mass is 852 g/mol. The Morgan fingerprint density at radius 3 is 0.531 bits per heavy atom. The van der Waals surface area contributed by atoms with Gasteiger partial charge in [0.15, 0.2) is 0 Å². The molecule has 0 amide bonds. The van der Waals surface area contributed by atoms with Crippen molar-refractivity contribution in [3.63, 3.8) is 0 Å². The largest absolute Gasteiger partial charge is 0.275 e. The van der Waals surface area contributed by atoms with Gasteiger partial charge in [-0.15, -0.1) is 0 Å². The summed E-state index contributed by atoms with van der Waals surface area (Å²) in [6, 6.07) is 17.9. The van der Waals surface area contributed by atoms with Crippen molar-refractivity contribution in [3.8, 4) is 22.7 Å². The van der Waals surface area contributed by atoms with E-state index >= 15 is 0 Å². The topological polar surface area (TPSA) is 234 Å². The van der Waals surface area contributed by atoms with Crippen LogP contribution < -0.4 is 66.7 Å². The van der Waals surface area contributed by atoms with E-state index in [4.69, 9.17) is 0 Å². The summed E-state index contributed by atoms with van der Waals surface area (Å²) in [6.07, 6.45) is 0. The molecule has 0 aliphatic heterocycles. The van der Waals surface area contributed by atoms with Crippen LogP contribution in [0, 0.1) is 0 Å². The molecule has 18 heteroatoms. The van der Waals surface area contributed by atoms with Crippen molar-refractivity contribution in [3.05, 3.63) is 209 Å². The summed E-state index contributed by atoms with van der Waals surface area (Å²) in [4.78, 5) is 160. The van der Waals surface area contributed by atoms with Crippen LogP contribution in [0.2, 0.25) is 0 Å². The molecule has 6 aromatic heterocycles. The molecule has 0 N–H and O–H groups in total. The Morgan fingerprint density at radius 1 is 0.250 bits per heavy atom. The maximum absolute atomic E-state index is 13.8. The number of hydrogen-bond donors (Lipinski definition) is 0. The van der Waals surface area contributed by atoms with E-state index in [9.17, 15) is 57.5 Å². The third kappa shape index (κ3) is 4.67. The predicted octanol–water partition coefficient (Wildman–Crippen LogP) is 0.361. The van der Waals surface area contributed by atoms with Gasteiger partial charge in [-0.1, -0.05) is 0 Å². The van der Waals surface area contributed by atoms with Crippen LogP contribution in [0.1, 0.15) is 13.8 Å². The van der Waals surface area contributed by atoms with E-state index in [1.165, 1.54) is 72.8 Å². The maximum atomic E-state index is 13.8. The SMILES string of the molecule is CCn1c(=O)c2cc3c(=O)n(-c4ccc(-n5c(=O)c6cc7c(=O)n(-c8ccc(-n9c(=O)c%10cc%11c(=O)n(CC)c(=O)c%11cc%10c9=O)cc8)c(=O)c7cc6c5=O)cc4)c(=O)c3cc2c1=O.